The average molecular weight is 398 g/mol. The Morgan fingerprint density at radius 1 is 1.22 bits per heavy atom. The number of aryl methyl sites for hydroxylation is 2. The summed E-state index contributed by atoms with van der Waals surface area (Å²) in [5.74, 6) is 0.555. The van der Waals surface area contributed by atoms with Crippen molar-refractivity contribution >= 4 is 39.2 Å². The second-order valence-corrected chi connectivity index (χ2v) is 9.15. The van der Waals surface area contributed by atoms with Gasteiger partial charge in [-0.25, -0.2) is 9.97 Å². The van der Waals surface area contributed by atoms with Gasteiger partial charge in [0.05, 0.1) is 5.75 Å². The van der Waals surface area contributed by atoms with E-state index >= 15 is 0 Å². The second kappa shape index (κ2) is 7.98. The van der Waals surface area contributed by atoms with Crippen LogP contribution in [0.15, 0.2) is 41.7 Å². The Morgan fingerprint density at radius 3 is 2.81 bits per heavy atom. The van der Waals surface area contributed by atoms with Gasteiger partial charge in [0.2, 0.25) is 5.91 Å². The number of thioether (sulfide) groups is 1. The number of carbonyl (C=O) groups is 1. The Hall–Kier alpha value is -1.92. The summed E-state index contributed by atoms with van der Waals surface area (Å²) in [5.41, 5.74) is 2.57. The molecule has 140 valence electrons. The van der Waals surface area contributed by atoms with Gasteiger partial charge in [0.15, 0.2) is 0 Å². The molecule has 0 fully saturated rings. The molecule has 0 spiro atoms. The number of fused-ring (bicyclic) bond motifs is 3. The SMILES string of the molecule is CC(C)N(Cc1ccccc1)C(=O)CSc1ncnc2sc3c(c12)CCC3. The molecular formula is C21H23N3OS2. The summed E-state index contributed by atoms with van der Waals surface area (Å²) in [6.45, 7) is 4.78. The number of rotatable bonds is 6. The zero-order valence-corrected chi connectivity index (χ0v) is 17.3. The van der Waals surface area contributed by atoms with Crippen molar-refractivity contribution in [2.75, 3.05) is 5.75 Å². The summed E-state index contributed by atoms with van der Waals surface area (Å²) in [4.78, 5) is 26.3. The van der Waals surface area contributed by atoms with Crippen LogP contribution < -0.4 is 0 Å². The minimum Gasteiger partial charge on any atom is -0.335 e. The topological polar surface area (TPSA) is 46.1 Å². The van der Waals surface area contributed by atoms with Crippen LogP contribution in [0.2, 0.25) is 0 Å². The van der Waals surface area contributed by atoms with Crippen molar-refractivity contribution in [1.82, 2.24) is 14.9 Å². The van der Waals surface area contributed by atoms with Gasteiger partial charge < -0.3 is 4.90 Å². The lowest BCUT2D eigenvalue weighted by Crippen LogP contribution is -2.37. The van der Waals surface area contributed by atoms with Crippen LogP contribution in [-0.4, -0.2) is 32.6 Å². The van der Waals surface area contributed by atoms with E-state index in [0.717, 1.165) is 28.3 Å². The molecule has 1 aliphatic carbocycles. The van der Waals surface area contributed by atoms with Crippen molar-refractivity contribution in [1.29, 1.82) is 0 Å². The zero-order valence-electron chi connectivity index (χ0n) is 15.6. The normalized spacial score (nSPS) is 13.3. The highest BCUT2D eigenvalue weighted by Crippen LogP contribution is 2.40. The molecular weight excluding hydrogens is 374 g/mol. The van der Waals surface area contributed by atoms with Crippen LogP contribution in [0.1, 0.15) is 36.3 Å². The van der Waals surface area contributed by atoms with Crippen molar-refractivity contribution in [2.45, 2.75) is 50.7 Å². The number of carbonyl (C=O) groups excluding carboxylic acids is 1. The van der Waals surface area contributed by atoms with Gasteiger partial charge >= 0.3 is 0 Å². The summed E-state index contributed by atoms with van der Waals surface area (Å²) in [5, 5.41) is 2.14. The molecule has 0 saturated heterocycles. The second-order valence-electron chi connectivity index (χ2n) is 7.11. The maximum Gasteiger partial charge on any atom is 0.233 e. The number of amides is 1. The maximum absolute atomic E-state index is 12.9. The number of benzene rings is 1. The average Bonchev–Trinajstić information content (AvgIpc) is 3.26. The van der Waals surface area contributed by atoms with E-state index < -0.39 is 0 Å². The molecule has 0 aliphatic heterocycles. The highest BCUT2D eigenvalue weighted by molar-refractivity contribution is 8.00. The maximum atomic E-state index is 12.9. The third-order valence-electron chi connectivity index (χ3n) is 4.94. The van der Waals surface area contributed by atoms with E-state index in [4.69, 9.17) is 0 Å². The molecule has 1 aromatic carbocycles. The van der Waals surface area contributed by atoms with Crippen LogP contribution >= 0.6 is 23.1 Å². The monoisotopic (exact) mass is 397 g/mol. The molecule has 0 saturated carbocycles. The molecule has 0 unspecified atom stereocenters. The van der Waals surface area contributed by atoms with Gasteiger partial charge in [0.25, 0.3) is 0 Å². The third kappa shape index (κ3) is 3.87. The molecule has 6 heteroatoms. The lowest BCUT2D eigenvalue weighted by Gasteiger charge is -2.27. The van der Waals surface area contributed by atoms with Crippen LogP contribution in [0.4, 0.5) is 0 Å². The molecule has 0 bridgehead atoms. The van der Waals surface area contributed by atoms with E-state index in [9.17, 15) is 4.79 Å². The molecule has 1 amide bonds. The number of thiophene rings is 1. The Labute approximate surface area is 168 Å². The van der Waals surface area contributed by atoms with Crippen LogP contribution in [0.25, 0.3) is 10.2 Å². The van der Waals surface area contributed by atoms with Crippen LogP contribution in [0.3, 0.4) is 0 Å². The predicted octanol–water partition coefficient (Wildman–Crippen LogP) is 4.71. The Morgan fingerprint density at radius 2 is 2.04 bits per heavy atom. The molecule has 4 nitrogen and oxygen atoms in total. The molecule has 2 aromatic heterocycles. The summed E-state index contributed by atoms with van der Waals surface area (Å²) in [6, 6.07) is 10.3. The van der Waals surface area contributed by atoms with Crippen molar-refractivity contribution in [2.24, 2.45) is 0 Å². The molecule has 0 atom stereocenters. The summed E-state index contributed by atoms with van der Waals surface area (Å²) in [7, 11) is 0. The lowest BCUT2D eigenvalue weighted by atomic mass is 10.2. The number of aromatic nitrogens is 2. The molecule has 27 heavy (non-hydrogen) atoms. The third-order valence-corrected chi connectivity index (χ3v) is 7.11. The van der Waals surface area contributed by atoms with Gasteiger partial charge in [-0.2, -0.15) is 0 Å². The fourth-order valence-corrected chi connectivity index (χ4v) is 5.77. The smallest absolute Gasteiger partial charge is 0.233 e. The van der Waals surface area contributed by atoms with E-state index in [-0.39, 0.29) is 11.9 Å². The Bertz CT molecular complexity index is 953. The van der Waals surface area contributed by atoms with E-state index in [1.54, 1.807) is 29.4 Å². The van der Waals surface area contributed by atoms with Crippen molar-refractivity contribution in [3.8, 4) is 0 Å². The molecule has 4 rings (SSSR count). The van der Waals surface area contributed by atoms with Gasteiger partial charge in [-0.05, 0) is 44.2 Å². The molecule has 3 aromatic rings. The molecule has 2 heterocycles. The van der Waals surface area contributed by atoms with Crippen LogP contribution in [0.5, 0.6) is 0 Å². The minimum absolute atomic E-state index is 0.150. The first-order chi connectivity index (χ1) is 13.1. The lowest BCUT2D eigenvalue weighted by molar-refractivity contribution is -0.130. The highest BCUT2D eigenvalue weighted by Gasteiger charge is 2.23. The van der Waals surface area contributed by atoms with Gasteiger partial charge in [-0.15, -0.1) is 11.3 Å². The van der Waals surface area contributed by atoms with Crippen LogP contribution in [-0.2, 0) is 24.2 Å². The first-order valence-electron chi connectivity index (χ1n) is 9.35. The number of hydrogen-bond acceptors (Lipinski definition) is 5. The number of hydrogen-bond donors (Lipinski definition) is 0. The summed E-state index contributed by atoms with van der Waals surface area (Å²) < 4.78 is 0. The Balaban J connectivity index is 1.50. The summed E-state index contributed by atoms with van der Waals surface area (Å²) in [6.07, 6.45) is 5.10. The quantitative estimate of drug-likeness (QED) is 0.446. The fourth-order valence-electron chi connectivity index (χ4n) is 3.56. The van der Waals surface area contributed by atoms with E-state index in [1.165, 1.54) is 22.2 Å². The summed E-state index contributed by atoms with van der Waals surface area (Å²) >= 11 is 3.34. The first-order valence-corrected chi connectivity index (χ1v) is 11.1. The first kappa shape index (κ1) is 18.4. The van der Waals surface area contributed by atoms with Crippen molar-refractivity contribution in [3.63, 3.8) is 0 Å². The Kier molecular flexibility index (Phi) is 5.45. The molecule has 0 N–H and O–H groups in total. The highest BCUT2D eigenvalue weighted by atomic mass is 32.2. The zero-order chi connectivity index (χ0) is 18.8. The van der Waals surface area contributed by atoms with Gasteiger partial charge in [-0.1, -0.05) is 42.1 Å². The van der Waals surface area contributed by atoms with E-state index in [2.05, 4.69) is 35.9 Å². The molecule has 1 aliphatic rings. The van der Waals surface area contributed by atoms with Crippen molar-refractivity contribution < 1.29 is 4.79 Å². The predicted molar refractivity (Wildman–Crippen MR) is 112 cm³/mol. The number of nitrogens with zero attached hydrogens (tertiary/aromatic N) is 3. The van der Waals surface area contributed by atoms with Gasteiger partial charge in [0.1, 0.15) is 16.2 Å². The van der Waals surface area contributed by atoms with Crippen LogP contribution in [0, 0.1) is 0 Å². The van der Waals surface area contributed by atoms with E-state index in [1.807, 2.05) is 23.1 Å². The van der Waals surface area contributed by atoms with Gasteiger partial charge in [0, 0.05) is 22.8 Å². The van der Waals surface area contributed by atoms with E-state index in [0.29, 0.717) is 12.3 Å². The van der Waals surface area contributed by atoms with Gasteiger partial charge in [-0.3, -0.25) is 4.79 Å². The largest absolute Gasteiger partial charge is 0.335 e. The fraction of sp³-hybridized carbons (Fsp3) is 0.381. The van der Waals surface area contributed by atoms with Crippen molar-refractivity contribution in [3.05, 3.63) is 52.7 Å². The molecule has 0 radical (unpaired) electrons. The standard InChI is InChI=1S/C21H23N3OS2/c1-14(2)24(11-15-7-4-3-5-8-15)18(25)12-26-20-19-16-9-6-10-17(16)27-21(19)23-13-22-20/h3-5,7-8,13-14H,6,9-12H2,1-2H3. The minimum atomic E-state index is 0.150.